The Morgan fingerprint density at radius 3 is 2.70 bits per heavy atom. The summed E-state index contributed by atoms with van der Waals surface area (Å²) in [6.45, 7) is 5.22. The Morgan fingerprint density at radius 1 is 1.35 bits per heavy atom. The van der Waals surface area contributed by atoms with E-state index in [4.69, 9.17) is 10.5 Å². The summed E-state index contributed by atoms with van der Waals surface area (Å²) in [5.74, 6) is 0.976. The van der Waals surface area contributed by atoms with Gasteiger partial charge in [-0.05, 0) is 24.3 Å². The summed E-state index contributed by atoms with van der Waals surface area (Å²) in [6.07, 6.45) is 0. The van der Waals surface area contributed by atoms with Crippen molar-refractivity contribution in [2.24, 2.45) is 0 Å². The number of nitrogens with two attached hydrogens (primary N) is 1. The Bertz CT molecular complexity index is 652. The zero-order chi connectivity index (χ0) is 16.8. The lowest BCUT2D eigenvalue weighted by molar-refractivity contribution is 0.254. The fourth-order valence-corrected chi connectivity index (χ4v) is 2.22. The summed E-state index contributed by atoms with van der Waals surface area (Å²) in [6, 6.07) is 7.22. The van der Waals surface area contributed by atoms with Crippen molar-refractivity contribution in [2.75, 3.05) is 36.1 Å². The zero-order valence-corrected chi connectivity index (χ0v) is 13.5. The number of aromatic amines is 1. The molecule has 1 aliphatic heterocycles. The van der Waals surface area contributed by atoms with Crippen LogP contribution in [0.4, 0.5) is 27.7 Å². The van der Waals surface area contributed by atoms with E-state index in [1.165, 1.54) is 0 Å². The van der Waals surface area contributed by atoms with Crippen LogP contribution in [0.2, 0.25) is 0 Å². The summed E-state index contributed by atoms with van der Waals surface area (Å²) >= 11 is 0. The maximum atomic E-state index is 11.3. The fourth-order valence-electron chi connectivity index (χ4n) is 2.22. The molecule has 0 atom stereocenters. The number of rotatable bonds is 2. The molecule has 0 saturated carbocycles. The molecule has 0 radical (unpaired) electrons. The highest BCUT2D eigenvalue weighted by atomic mass is 16.5. The molecule has 2 amide bonds. The van der Waals surface area contributed by atoms with Crippen LogP contribution in [0.25, 0.3) is 0 Å². The Morgan fingerprint density at radius 2 is 2.04 bits per heavy atom. The SMILES string of the molecule is CC.CNC(=O)Nc1ccc(N2CCOc3n[nH]c(N)c32)cc1. The molecule has 1 aliphatic rings. The summed E-state index contributed by atoms with van der Waals surface area (Å²) in [4.78, 5) is 13.3. The van der Waals surface area contributed by atoms with Crippen LogP contribution in [-0.4, -0.2) is 36.4 Å². The van der Waals surface area contributed by atoms with E-state index in [1.54, 1.807) is 7.05 Å². The van der Waals surface area contributed by atoms with Crippen LogP contribution in [0.3, 0.4) is 0 Å². The minimum absolute atomic E-state index is 0.254. The molecule has 1 aromatic carbocycles. The van der Waals surface area contributed by atoms with Crippen molar-refractivity contribution in [1.29, 1.82) is 0 Å². The van der Waals surface area contributed by atoms with E-state index in [0.717, 1.165) is 11.4 Å². The molecule has 5 N–H and O–H groups in total. The van der Waals surface area contributed by atoms with E-state index in [2.05, 4.69) is 20.8 Å². The lowest BCUT2D eigenvalue weighted by Gasteiger charge is -2.28. The van der Waals surface area contributed by atoms with Gasteiger partial charge in [0.1, 0.15) is 18.1 Å². The van der Waals surface area contributed by atoms with Crippen LogP contribution in [0, 0.1) is 0 Å². The molecule has 3 rings (SSSR count). The maximum Gasteiger partial charge on any atom is 0.318 e. The standard InChI is InChI=1S/C13H16N6O2.C2H6/c1-15-13(20)16-8-2-4-9(5-3-8)19-6-7-21-12-10(19)11(14)17-18-12;1-2/h2-5H,6-7H2,1H3,(H3,14,17,18)(H2,15,16,20);1-2H3. The third-order valence-electron chi connectivity index (χ3n) is 3.22. The smallest absolute Gasteiger partial charge is 0.318 e. The third kappa shape index (κ3) is 3.47. The summed E-state index contributed by atoms with van der Waals surface area (Å²) in [5.41, 5.74) is 8.31. The first-order chi connectivity index (χ1) is 11.2. The van der Waals surface area contributed by atoms with Gasteiger partial charge in [0.05, 0.1) is 6.54 Å². The molecule has 8 heteroatoms. The molecule has 0 bridgehead atoms. The van der Waals surface area contributed by atoms with Gasteiger partial charge in [0, 0.05) is 18.4 Å². The van der Waals surface area contributed by atoms with Crippen LogP contribution in [0.5, 0.6) is 5.88 Å². The van der Waals surface area contributed by atoms with Crippen molar-refractivity contribution in [2.45, 2.75) is 13.8 Å². The Hall–Kier alpha value is -2.90. The van der Waals surface area contributed by atoms with E-state index in [1.807, 2.05) is 43.0 Å². The lowest BCUT2D eigenvalue weighted by atomic mass is 10.2. The van der Waals surface area contributed by atoms with Gasteiger partial charge in [-0.15, -0.1) is 5.10 Å². The molecule has 0 fully saturated rings. The second-order valence-electron chi connectivity index (χ2n) is 4.54. The minimum Gasteiger partial charge on any atom is -0.473 e. The van der Waals surface area contributed by atoms with Crippen molar-refractivity contribution in [1.82, 2.24) is 15.5 Å². The first-order valence-electron chi connectivity index (χ1n) is 7.52. The van der Waals surface area contributed by atoms with Gasteiger partial charge in [0.15, 0.2) is 0 Å². The van der Waals surface area contributed by atoms with Gasteiger partial charge in [-0.1, -0.05) is 13.8 Å². The van der Waals surface area contributed by atoms with Crippen molar-refractivity contribution < 1.29 is 9.53 Å². The van der Waals surface area contributed by atoms with Crippen molar-refractivity contribution in [3.05, 3.63) is 24.3 Å². The number of carbonyl (C=O) groups is 1. The normalized spacial score (nSPS) is 12.4. The predicted molar refractivity (Wildman–Crippen MR) is 91.4 cm³/mol. The van der Waals surface area contributed by atoms with Gasteiger partial charge < -0.3 is 26.0 Å². The van der Waals surface area contributed by atoms with Crippen molar-refractivity contribution in [3.63, 3.8) is 0 Å². The molecule has 2 aromatic rings. The van der Waals surface area contributed by atoms with Gasteiger partial charge in [-0.3, -0.25) is 5.10 Å². The molecule has 0 aliphatic carbocycles. The second-order valence-corrected chi connectivity index (χ2v) is 4.54. The fraction of sp³-hybridized carbons (Fsp3) is 0.333. The van der Waals surface area contributed by atoms with Crippen LogP contribution in [0.1, 0.15) is 13.8 Å². The van der Waals surface area contributed by atoms with Crippen LogP contribution < -0.4 is 26.0 Å². The second kappa shape index (κ2) is 7.39. The largest absolute Gasteiger partial charge is 0.473 e. The number of carbonyl (C=O) groups excluding carboxylic acids is 1. The number of amides is 2. The minimum atomic E-state index is -0.254. The number of nitrogen functional groups attached to an aromatic ring is 1. The van der Waals surface area contributed by atoms with E-state index in [-0.39, 0.29) is 6.03 Å². The highest BCUT2D eigenvalue weighted by molar-refractivity contribution is 5.89. The molecule has 2 heterocycles. The molecule has 0 unspecified atom stereocenters. The average Bonchev–Trinajstić information content (AvgIpc) is 2.99. The van der Waals surface area contributed by atoms with Crippen molar-refractivity contribution >= 4 is 28.9 Å². The molecule has 23 heavy (non-hydrogen) atoms. The van der Waals surface area contributed by atoms with Crippen LogP contribution in [-0.2, 0) is 0 Å². The number of hydrogen-bond acceptors (Lipinski definition) is 5. The monoisotopic (exact) mass is 318 g/mol. The third-order valence-corrected chi connectivity index (χ3v) is 3.22. The number of hydrogen-bond donors (Lipinski definition) is 4. The zero-order valence-electron chi connectivity index (χ0n) is 13.5. The lowest BCUT2D eigenvalue weighted by Crippen LogP contribution is -2.28. The Kier molecular flexibility index (Phi) is 5.29. The van der Waals surface area contributed by atoms with Crippen molar-refractivity contribution in [3.8, 4) is 5.88 Å². The number of nitrogens with zero attached hydrogens (tertiary/aromatic N) is 2. The predicted octanol–water partition coefficient (Wildman–Crippen LogP) is 2.30. The van der Waals surface area contributed by atoms with E-state index in [9.17, 15) is 4.79 Å². The van der Waals surface area contributed by atoms with E-state index < -0.39 is 0 Å². The summed E-state index contributed by atoms with van der Waals surface area (Å²) < 4.78 is 5.46. The first kappa shape index (κ1) is 16.5. The quantitative estimate of drug-likeness (QED) is 0.679. The topological polar surface area (TPSA) is 108 Å². The molecular formula is C15H22N6O2. The molecule has 8 nitrogen and oxygen atoms in total. The number of fused-ring (bicyclic) bond motifs is 1. The number of H-pyrrole nitrogens is 1. The summed E-state index contributed by atoms with van der Waals surface area (Å²) in [5, 5.41) is 12.0. The summed E-state index contributed by atoms with van der Waals surface area (Å²) in [7, 11) is 1.57. The van der Waals surface area contributed by atoms with Gasteiger partial charge in [0.25, 0.3) is 5.88 Å². The Labute approximate surface area is 135 Å². The van der Waals surface area contributed by atoms with E-state index in [0.29, 0.717) is 30.5 Å². The number of aromatic nitrogens is 2. The number of ether oxygens (including phenoxy) is 1. The molecular weight excluding hydrogens is 296 g/mol. The highest BCUT2D eigenvalue weighted by Crippen LogP contribution is 2.39. The van der Waals surface area contributed by atoms with Gasteiger partial charge in [0.2, 0.25) is 0 Å². The number of nitrogens with one attached hydrogen (secondary N) is 3. The van der Waals surface area contributed by atoms with Crippen LogP contribution >= 0.6 is 0 Å². The molecule has 0 spiro atoms. The highest BCUT2D eigenvalue weighted by Gasteiger charge is 2.25. The maximum absolute atomic E-state index is 11.3. The van der Waals surface area contributed by atoms with Gasteiger partial charge in [-0.2, -0.15) is 0 Å². The average molecular weight is 318 g/mol. The molecule has 124 valence electrons. The van der Waals surface area contributed by atoms with Gasteiger partial charge >= 0.3 is 6.03 Å². The number of urea groups is 1. The molecule has 0 saturated heterocycles. The Balaban J connectivity index is 0.000000924. The number of anilines is 4. The van der Waals surface area contributed by atoms with E-state index >= 15 is 0 Å². The number of benzene rings is 1. The molecule has 1 aromatic heterocycles. The first-order valence-corrected chi connectivity index (χ1v) is 7.52. The van der Waals surface area contributed by atoms with Gasteiger partial charge in [-0.25, -0.2) is 4.79 Å². The van der Waals surface area contributed by atoms with Crippen LogP contribution in [0.15, 0.2) is 24.3 Å².